The van der Waals surface area contributed by atoms with Crippen LogP contribution in [0.2, 0.25) is 5.02 Å². The van der Waals surface area contributed by atoms with Crippen LogP contribution in [0.1, 0.15) is 21.5 Å². The minimum Gasteiger partial charge on any atom is -0.399 e. The number of nitrogens with one attached hydrogen (secondary N) is 1. The third-order valence-corrected chi connectivity index (χ3v) is 4.61. The highest BCUT2D eigenvalue weighted by molar-refractivity contribution is 6.34. The van der Waals surface area contributed by atoms with Crippen molar-refractivity contribution in [2.75, 3.05) is 32.0 Å². The third kappa shape index (κ3) is 6.55. The van der Waals surface area contributed by atoms with E-state index in [1.165, 1.54) is 5.56 Å². The van der Waals surface area contributed by atoms with Crippen molar-refractivity contribution >= 4 is 48.0 Å². The number of nitrogen functional groups attached to an aromatic ring is 1. The van der Waals surface area contributed by atoms with Crippen molar-refractivity contribution in [2.45, 2.75) is 13.1 Å². The van der Waals surface area contributed by atoms with Crippen LogP contribution in [0.15, 0.2) is 42.5 Å². The predicted octanol–water partition coefficient (Wildman–Crippen LogP) is 3.53. The zero-order valence-electron chi connectivity index (χ0n) is 14.8. The summed E-state index contributed by atoms with van der Waals surface area (Å²) in [6, 6.07) is 13.1. The highest BCUT2D eigenvalue weighted by atomic mass is 35.5. The Labute approximate surface area is 177 Å². The average molecular weight is 433 g/mol. The number of rotatable bonds is 5. The van der Waals surface area contributed by atoms with E-state index in [4.69, 9.17) is 22.1 Å². The summed E-state index contributed by atoms with van der Waals surface area (Å²) in [6.07, 6.45) is 0. The lowest BCUT2D eigenvalue weighted by atomic mass is 10.1. The Kier molecular flexibility index (Phi) is 9.91. The van der Waals surface area contributed by atoms with Gasteiger partial charge in [0.2, 0.25) is 0 Å². The van der Waals surface area contributed by atoms with Gasteiger partial charge in [-0.3, -0.25) is 9.69 Å². The Balaban J connectivity index is 0.00000182. The van der Waals surface area contributed by atoms with E-state index >= 15 is 0 Å². The van der Waals surface area contributed by atoms with E-state index in [1.54, 1.807) is 18.2 Å². The molecule has 0 atom stereocenters. The fraction of sp³-hybridized carbons (Fsp3) is 0.316. The number of nitrogens with two attached hydrogens (primary N) is 1. The molecule has 2 aromatic carbocycles. The highest BCUT2D eigenvalue weighted by Crippen LogP contribution is 2.19. The number of morpholine rings is 1. The number of carbonyl (C=O) groups is 1. The van der Waals surface area contributed by atoms with Crippen LogP contribution in [0, 0.1) is 0 Å². The summed E-state index contributed by atoms with van der Waals surface area (Å²) in [4.78, 5) is 14.8. The van der Waals surface area contributed by atoms with Crippen molar-refractivity contribution in [3.05, 3.63) is 64.2 Å². The monoisotopic (exact) mass is 431 g/mol. The summed E-state index contributed by atoms with van der Waals surface area (Å²) in [5, 5.41) is 3.31. The van der Waals surface area contributed by atoms with Crippen LogP contribution in [0.25, 0.3) is 0 Å². The van der Waals surface area contributed by atoms with Gasteiger partial charge in [0.1, 0.15) is 0 Å². The number of benzene rings is 2. The van der Waals surface area contributed by atoms with E-state index in [1.807, 2.05) is 18.2 Å². The van der Waals surface area contributed by atoms with Crippen LogP contribution < -0.4 is 11.1 Å². The molecule has 5 nitrogen and oxygen atoms in total. The van der Waals surface area contributed by atoms with Crippen molar-refractivity contribution in [1.29, 1.82) is 0 Å². The smallest absolute Gasteiger partial charge is 0.253 e. The van der Waals surface area contributed by atoms with Gasteiger partial charge in [-0.05, 0) is 29.3 Å². The van der Waals surface area contributed by atoms with Crippen molar-refractivity contribution < 1.29 is 9.53 Å². The van der Waals surface area contributed by atoms with E-state index in [2.05, 4.69) is 16.3 Å². The minimum absolute atomic E-state index is 0. The zero-order valence-corrected chi connectivity index (χ0v) is 17.2. The fourth-order valence-electron chi connectivity index (χ4n) is 2.87. The molecule has 148 valence electrons. The number of hydrogen-bond acceptors (Lipinski definition) is 4. The standard InChI is InChI=1S/C19H22ClN3O2.2ClH/c20-18-11-16(21)5-6-17(18)19(24)22-12-14-3-1-2-4-15(14)13-23-7-9-25-10-8-23;;/h1-6,11H,7-10,12-13,21H2,(H,22,24);2*1H. The van der Waals surface area contributed by atoms with E-state index in [0.29, 0.717) is 22.8 Å². The molecule has 0 aromatic heterocycles. The summed E-state index contributed by atoms with van der Waals surface area (Å²) >= 11 is 6.11. The molecular formula is C19H24Cl3N3O2. The van der Waals surface area contributed by atoms with Crippen molar-refractivity contribution in [2.24, 2.45) is 0 Å². The van der Waals surface area contributed by atoms with E-state index in [-0.39, 0.29) is 30.7 Å². The average Bonchev–Trinajstić information content (AvgIpc) is 2.61. The molecule has 1 heterocycles. The molecule has 0 spiro atoms. The molecule has 27 heavy (non-hydrogen) atoms. The summed E-state index contributed by atoms with van der Waals surface area (Å²) in [5.41, 5.74) is 8.96. The number of anilines is 1. The van der Waals surface area contributed by atoms with Crippen molar-refractivity contribution in [1.82, 2.24) is 10.2 Å². The number of amides is 1. The first kappa shape index (κ1) is 23.5. The van der Waals surface area contributed by atoms with E-state index < -0.39 is 0 Å². The van der Waals surface area contributed by atoms with Gasteiger partial charge in [0.05, 0.1) is 23.8 Å². The summed E-state index contributed by atoms with van der Waals surface area (Å²) in [7, 11) is 0. The molecule has 0 bridgehead atoms. The Morgan fingerprint density at radius 3 is 2.44 bits per heavy atom. The highest BCUT2D eigenvalue weighted by Gasteiger charge is 2.14. The molecule has 0 aliphatic carbocycles. The van der Waals surface area contributed by atoms with Gasteiger partial charge in [-0.15, -0.1) is 24.8 Å². The molecule has 3 N–H and O–H groups in total. The number of hydrogen-bond donors (Lipinski definition) is 2. The Morgan fingerprint density at radius 1 is 1.11 bits per heavy atom. The first-order valence-electron chi connectivity index (χ1n) is 8.33. The molecule has 0 radical (unpaired) electrons. The Morgan fingerprint density at radius 2 is 1.78 bits per heavy atom. The maximum absolute atomic E-state index is 12.4. The van der Waals surface area contributed by atoms with Gasteiger partial charge in [0, 0.05) is 31.9 Å². The lowest BCUT2D eigenvalue weighted by Crippen LogP contribution is -2.36. The summed E-state index contributed by atoms with van der Waals surface area (Å²) in [5.74, 6) is -0.203. The SMILES string of the molecule is Cl.Cl.Nc1ccc(C(=O)NCc2ccccc2CN2CCOCC2)c(Cl)c1. The van der Waals surface area contributed by atoms with Gasteiger partial charge < -0.3 is 15.8 Å². The number of halogens is 3. The van der Waals surface area contributed by atoms with Crippen LogP contribution in [0.4, 0.5) is 5.69 Å². The van der Waals surface area contributed by atoms with Crippen molar-refractivity contribution in [3.8, 4) is 0 Å². The maximum Gasteiger partial charge on any atom is 0.253 e. The lowest BCUT2D eigenvalue weighted by molar-refractivity contribution is 0.0340. The maximum atomic E-state index is 12.4. The van der Waals surface area contributed by atoms with Gasteiger partial charge in [-0.2, -0.15) is 0 Å². The molecule has 2 aromatic rings. The van der Waals surface area contributed by atoms with Crippen LogP contribution in [-0.2, 0) is 17.8 Å². The van der Waals surface area contributed by atoms with E-state index in [0.717, 1.165) is 38.4 Å². The molecule has 0 saturated carbocycles. The largest absolute Gasteiger partial charge is 0.399 e. The normalized spacial score (nSPS) is 14.0. The first-order valence-corrected chi connectivity index (χ1v) is 8.71. The van der Waals surface area contributed by atoms with Gasteiger partial charge in [0.15, 0.2) is 0 Å². The Hall–Kier alpha value is -1.50. The van der Waals surface area contributed by atoms with Crippen LogP contribution in [0.5, 0.6) is 0 Å². The minimum atomic E-state index is -0.203. The Bertz CT molecular complexity index is 753. The first-order chi connectivity index (χ1) is 12.1. The second-order valence-electron chi connectivity index (χ2n) is 6.08. The molecule has 1 fully saturated rings. The summed E-state index contributed by atoms with van der Waals surface area (Å²) < 4.78 is 5.40. The molecule has 0 unspecified atom stereocenters. The number of carbonyl (C=O) groups excluding carboxylic acids is 1. The van der Waals surface area contributed by atoms with Crippen molar-refractivity contribution in [3.63, 3.8) is 0 Å². The van der Waals surface area contributed by atoms with Gasteiger partial charge in [0.25, 0.3) is 5.91 Å². The molecule has 1 amide bonds. The molecule has 1 aliphatic heterocycles. The summed E-state index contributed by atoms with van der Waals surface area (Å²) in [6.45, 7) is 4.73. The van der Waals surface area contributed by atoms with Crippen LogP contribution in [0.3, 0.4) is 0 Å². The molecular weight excluding hydrogens is 409 g/mol. The zero-order chi connectivity index (χ0) is 17.6. The fourth-order valence-corrected chi connectivity index (χ4v) is 3.15. The van der Waals surface area contributed by atoms with Crippen LogP contribution >= 0.6 is 36.4 Å². The quantitative estimate of drug-likeness (QED) is 0.709. The number of nitrogens with zero attached hydrogens (tertiary/aromatic N) is 1. The molecule has 1 saturated heterocycles. The van der Waals surface area contributed by atoms with Crippen LogP contribution in [-0.4, -0.2) is 37.1 Å². The second kappa shape index (κ2) is 11.4. The topological polar surface area (TPSA) is 67.6 Å². The third-order valence-electron chi connectivity index (χ3n) is 4.29. The molecule has 1 aliphatic rings. The molecule has 3 rings (SSSR count). The van der Waals surface area contributed by atoms with E-state index in [9.17, 15) is 4.79 Å². The second-order valence-corrected chi connectivity index (χ2v) is 6.49. The van der Waals surface area contributed by atoms with Gasteiger partial charge in [-0.25, -0.2) is 0 Å². The molecule has 8 heteroatoms. The van der Waals surface area contributed by atoms with Gasteiger partial charge in [-0.1, -0.05) is 35.9 Å². The predicted molar refractivity (Wildman–Crippen MR) is 114 cm³/mol. The number of ether oxygens (including phenoxy) is 1. The lowest BCUT2D eigenvalue weighted by Gasteiger charge is -2.27. The van der Waals surface area contributed by atoms with Gasteiger partial charge >= 0.3 is 0 Å².